The molecule has 7 nitrogen and oxygen atoms in total. The molecule has 3 aromatic rings. The molecule has 1 aliphatic rings. The third-order valence-corrected chi connectivity index (χ3v) is 6.26. The molecule has 1 aromatic carbocycles. The first-order valence-electron chi connectivity index (χ1n) is 11.4. The van der Waals surface area contributed by atoms with Gasteiger partial charge in [0.1, 0.15) is 23.0 Å². The van der Waals surface area contributed by atoms with E-state index < -0.39 is 0 Å². The van der Waals surface area contributed by atoms with Crippen molar-refractivity contribution in [1.82, 2.24) is 14.5 Å². The van der Waals surface area contributed by atoms with E-state index >= 15 is 0 Å². The zero-order valence-corrected chi connectivity index (χ0v) is 19.9. The molecule has 0 radical (unpaired) electrons. The maximum absolute atomic E-state index is 12.7. The molecule has 4 rings (SSSR count). The van der Waals surface area contributed by atoms with Crippen molar-refractivity contribution in [2.75, 3.05) is 18.0 Å². The van der Waals surface area contributed by atoms with Gasteiger partial charge >= 0.3 is 0 Å². The van der Waals surface area contributed by atoms with Gasteiger partial charge in [-0.15, -0.1) is 0 Å². The molecule has 1 saturated heterocycles. The molecule has 0 amide bonds. The van der Waals surface area contributed by atoms with Gasteiger partial charge in [0, 0.05) is 44.8 Å². The number of rotatable bonds is 5. The minimum absolute atomic E-state index is 0.0757. The van der Waals surface area contributed by atoms with Crippen molar-refractivity contribution in [3.05, 3.63) is 64.1 Å². The number of fused-ring (bicyclic) bond motifs is 1. The van der Waals surface area contributed by atoms with Crippen molar-refractivity contribution >= 4 is 16.7 Å². The summed E-state index contributed by atoms with van der Waals surface area (Å²) in [7, 11) is 1.74. The summed E-state index contributed by atoms with van der Waals surface area (Å²) in [6.07, 6.45) is 0.145. The molecule has 0 unspecified atom stereocenters. The summed E-state index contributed by atoms with van der Waals surface area (Å²) < 4.78 is 7.45. The van der Waals surface area contributed by atoms with Crippen molar-refractivity contribution in [3.63, 3.8) is 0 Å². The monoisotopic (exact) mass is 445 g/mol. The fraction of sp³-hybridized carbons (Fsp3) is 0.423. The number of hydrogen-bond acceptors (Lipinski definition) is 6. The van der Waals surface area contributed by atoms with E-state index in [1.54, 1.807) is 23.7 Å². The highest BCUT2D eigenvalue weighted by atomic mass is 16.5. The van der Waals surface area contributed by atoms with Gasteiger partial charge in [-0.05, 0) is 57.5 Å². The van der Waals surface area contributed by atoms with E-state index in [4.69, 9.17) is 4.74 Å². The minimum atomic E-state index is -0.0757. The highest BCUT2D eigenvalue weighted by Gasteiger charge is 2.31. The Labute approximate surface area is 194 Å². The summed E-state index contributed by atoms with van der Waals surface area (Å²) in [5, 5.41) is 9.35. The van der Waals surface area contributed by atoms with E-state index in [0.717, 1.165) is 36.6 Å². The average Bonchev–Trinajstić information content (AvgIpc) is 2.78. The Morgan fingerprint density at radius 3 is 2.67 bits per heavy atom. The van der Waals surface area contributed by atoms with Crippen molar-refractivity contribution < 1.29 is 4.74 Å². The van der Waals surface area contributed by atoms with Crippen LogP contribution in [-0.4, -0.2) is 45.7 Å². The number of pyridine rings is 2. The Morgan fingerprint density at radius 1 is 1.15 bits per heavy atom. The Kier molecular flexibility index (Phi) is 6.39. The van der Waals surface area contributed by atoms with Crippen LogP contribution in [0.5, 0.6) is 5.75 Å². The van der Waals surface area contributed by atoms with Crippen LogP contribution in [0.25, 0.3) is 11.0 Å². The normalized spacial score (nSPS) is 19.1. The summed E-state index contributed by atoms with van der Waals surface area (Å²) >= 11 is 0. The van der Waals surface area contributed by atoms with Crippen LogP contribution in [0.2, 0.25) is 0 Å². The van der Waals surface area contributed by atoms with Crippen molar-refractivity contribution in [1.29, 1.82) is 5.26 Å². The molecule has 1 aliphatic heterocycles. The van der Waals surface area contributed by atoms with E-state index in [0.29, 0.717) is 11.2 Å². The SMILES string of the molecule is CC(C)Oc1cccc(CN2C[C@H](C)N(c3cc(=O)n(C)c4ccc(C#N)nc34)C[C@H]2C)c1. The largest absolute Gasteiger partial charge is 0.491 e. The zero-order valence-electron chi connectivity index (χ0n) is 19.9. The van der Waals surface area contributed by atoms with Gasteiger partial charge < -0.3 is 14.2 Å². The molecule has 2 aromatic heterocycles. The molecule has 7 heteroatoms. The third-order valence-electron chi connectivity index (χ3n) is 6.26. The van der Waals surface area contributed by atoms with Gasteiger partial charge in [0.2, 0.25) is 0 Å². The summed E-state index contributed by atoms with van der Waals surface area (Å²) in [5.41, 5.74) is 3.73. The van der Waals surface area contributed by atoms with E-state index in [-0.39, 0.29) is 23.7 Å². The van der Waals surface area contributed by atoms with Crippen molar-refractivity contribution in [2.45, 2.75) is 52.4 Å². The second-order valence-corrected chi connectivity index (χ2v) is 9.20. The molecule has 0 aliphatic carbocycles. The van der Waals surface area contributed by atoms with E-state index in [1.165, 1.54) is 5.56 Å². The quantitative estimate of drug-likeness (QED) is 0.596. The van der Waals surface area contributed by atoms with Gasteiger partial charge in [-0.25, -0.2) is 4.98 Å². The van der Waals surface area contributed by atoms with Crippen LogP contribution in [-0.2, 0) is 13.6 Å². The third kappa shape index (κ3) is 4.71. The first kappa shape index (κ1) is 22.8. The van der Waals surface area contributed by atoms with Gasteiger partial charge in [0.25, 0.3) is 5.56 Å². The Morgan fingerprint density at radius 2 is 1.94 bits per heavy atom. The molecule has 1 fully saturated rings. The number of piperazine rings is 1. The number of nitriles is 1. The standard InChI is InChI=1S/C26H31N5O2/c1-17(2)33-22-8-6-7-20(11-22)16-30-14-19(4)31(15-18(30)3)24-12-25(32)29(5)23-10-9-21(13-27)28-26(23)24/h6-12,17-19H,14-16H2,1-5H3/t18-,19+/m1/s1. The second kappa shape index (κ2) is 9.24. The van der Waals surface area contributed by atoms with Gasteiger partial charge in [0.05, 0.1) is 17.3 Å². The molecular formula is C26H31N5O2. The minimum Gasteiger partial charge on any atom is -0.491 e. The predicted molar refractivity (Wildman–Crippen MR) is 131 cm³/mol. The highest BCUT2D eigenvalue weighted by molar-refractivity contribution is 5.89. The Balaban J connectivity index is 1.60. The van der Waals surface area contributed by atoms with Gasteiger partial charge in [0.15, 0.2) is 0 Å². The summed E-state index contributed by atoms with van der Waals surface area (Å²) in [6, 6.07) is 16.0. The zero-order chi connectivity index (χ0) is 23.7. The first-order chi connectivity index (χ1) is 15.8. The molecular weight excluding hydrogens is 414 g/mol. The topological polar surface area (TPSA) is 74.4 Å². The second-order valence-electron chi connectivity index (χ2n) is 9.20. The molecule has 172 valence electrons. The number of anilines is 1. The van der Waals surface area contributed by atoms with E-state index in [1.807, 2.05) is 32.0 Å². The summed E-state index contributed by atoms with van der Waals surface area (Å²) in [4.78, 5) is 22.0. The van der Waals surface area contributed by atoms with Crippen LogP contribution >= 0.6 is 0 Å². The fourth-order valence-corrected chi connectivity index (χ4v) is 4.57. The number of hydrogen-bond donors (Lipinski definition) is 0. The van der Waals surface area contributed by atoms with E-state index in [9.17, 15) is 10.1 Å². The van der Waals surface area contributed by atoms with Gasteiger partial charge in [-0.1, -0.05) is 12.1 Å². The van der Waals surface area contributed by atoms with Crippen LogP contribution in [0.3, 0.4) is 0 Å². The Bertz CT molecular complexity index is 1260. The lowest BCUT2D eigenvalue weighted by Gasteiger charge is -2.45. The van der Waals surface area contributed by atoms with Crippen LogP contribution in [0.4, 0.5) is 5.69 Å². The van der Waals surface area contributed by atoms with Gasteiger partial charge in [-0.2, -0.15) is 5.26 Å². The number of benzene rings is 1. The number of aromatic nitrogens is 2. The molecule has 0 saturated carbocycles. The van der Waals surface area contributed by atoms with Crippen LogP contribution in [0, 0.1) is 11.3 Å². The van der Waals surface area contributed by atoms with Crippen molar-refractivity contribution in [3.8, 4) is 11.8 Å². The van der Waals surface area contributed by atoms with Crippen molar-refractivity contribution in [2.24, 2.45) is 7.05 Å². The first-order valence-corrected chi connectivity index (χ1v) is 11.4. The molecule has 0 bridgehead atoms. The molecule has 0 spiro atoms. The fourth-order valence-electron chi connectivity index (χ4n) is 4.57. The predicted octanol–water partition coefficient (Wildman–Crippen LogP) is 3.69. The lowest BCUT2D eigenvalue weighted by molar-refractivity contribution is 0.157. The summed E-state index contributed by atoms with van der Waals surface area (Å²) in [6.45, 7) is 10.9. The van der Waals surface area contributed by atoms with Crippen LogP contribution < -0.4 is 15.2 Å². The molecule has 0 N–H and O–H groups in total. The smallest absolute Gasteiger partial charge is 0.252 e. The molecule has 33 heavy (non-hydrogen) atoms. The Hall–Kier alpha value is -3.37. The molecule has 2 atom stereocenters. The van der Waals surface area contributed by atoms with E-state index in [2.05, 4.69) is 46.8 Å². The highest BCUT2D eigenvalue weighted by Crippen LogP contribution is 2.29. The molecule has 3 heterocycles. The average molecular weight is 446 g/mol. The van der Waals surface area contributed by atoms with Gasteiger partial charge in [-0.3, -0.25) is 9.69 Å². The summed E-state index contributed by atoms with van der Waals surface area (Å²) in [5.74, 6) is 0.896. The lowest BCUT2D eigenvalue weighted by atomic mass is 10.0. The number of ether oxygens (including phenoxy) is 1. The number of aryl methyl sites for hydroxylation is 1. The maximum atomic E-state index is 12.7. The lowest BCUT2D eigenvalue weighted by Crippen LogP contribution is -2.56. The van der Waals surface area contributed by atoms with Crippen LogP contribution in [0.1, 0.15) is 39.0 Å². The van der Waals surface area contributed by atoms with Crippen LogP contribution in [0.15, 0.2) is 47.3 Å². The number of nitrogens with zero attached hydrogens (tertiary/aromatic N) is 5. The maximum Gasteiger partial charge on any atom is 0.252 e.